The van der Waals surface area contributed by atoms with E-state index in [0.717, 1.165) is 17.1 Å². The summed E-state index contributed by atoms with van der Waals surface area (Å²) in [5.41, 5.74) is 1.14. The Morgan fingerprint density at radius 1 is 1.25 bits per heavy atom. The summed E-state index contributed by atoms with van der Waals surface area (Å²) in [5, 5.41) is 14.7. The smallest absolute Gasteiger partial charge is 0.270 e. The van der Waals surface area contributed by atoms with Gasteiger partial charge in [0.25, 0.3) is 5.91 Å². The van der Waals surface area contributed by atoms with Gasteiger partial charge in [0.05, 0.1) is 17.7 Å². The lowest BCUT2D eigenvalue weighted by Crippen LogP contribution is -2.25. The predicted molar refractivity (Wildman–Crippen MR) is 122 cm³/mol. The summed E-state index contributed by atoms with van der Waals surface area (Å²) in [7, 11) is 0. The van der Waals surface area contributed by atoms with E-state index in [-0.39, 0.29) is 11.7 Å². The molecule has 0 aliphatic rings. The molecule has 1 aromatic carbocycles. The number of benzene rings is 1. The number of rotatable bonds is 9. The number of carbonyl (C=O) groups excluding carboxylic acids is 1. The van der Waals surface area contributed by atoms with Crippen LogP contribution in [-0.2, 0) is 5.75 Å². The van der Waals surface area contributed by atoms with Gasteiger partial charge >= 0.3 is 0 Å². The first-order valence-electron chi connectivity index (χ1n) is 10.1. The van der Waals surface area contributed by atoms with E-state index in [1.54, 1.807) is 35.9 Å². The molecule has 166 valence electrons. The molecule has 0 spiro atoms. The average molecular weight is 472 g/mol. The van der Waals surface area contributed by atoms with Crippen molar-refractivity contribution in [1.82, 2.24) is 25.1 Å². The number of aromatic nitrogens is 4. The third-order valence-corrected chi connectivity index (χ3v) is 6.55. The van der Waals surface area contributed by atoms with Crippen molar-refractivity contribution in [2.45, 2.75) is 31.2 Å². The molecule has 0 saturated heterocycles. The molecule has 1 amide bonds. The molecule has 0 atom stereocenters. The van der Waals surface area contributed by atoms with Crippen LogP contribution in [0.15, 0.2) is 57.6 Å². The van der Waals surface area contributed by atoms with Crippen LogP contribution in [0.5, 0.6) is 0 Å². The van der Waals surface area contributed by atoms with Gasteiger partial charge in [-0.15, -0.1) is 21.5 Å². The molecule has 0 saturated carbocycles. The first kappa shape index (κ1) is 22.2. The third kappa shape index (κ3) is 5.25. The fraction of sp³-hybridized carbons (Fsp3) is 0.273. The number of halogens is 1. The molecule has 4 aromatic rings. The normalized spacial score (nSPS) is 11.2. The van der Waals surface area contributed by atoms with Gasteiger partial charge in [-0.25, -0.2) is 9.37 Å². The number of carbonyl (C=O) groups is 1. The van der Waals surface area contributed by atoms with Crippen molar-refractivity contribution in [1.29, 1.82) is 0 Å². The van der Waals surface area contributed by atoms with Crippen molar-refractivity contribution in [3.63, 3.8) is 0 Å². The number of nitrogens with zero attached hydrogens (tertiary/aromatic N) is 4. The van der Waals surface area contributed by atoms with Crippen LogP contribution in [0.1, 0.15) is 35.8 Å². The minimum atomic E-state index is -0.322. The van der Waals surface area contributed by atoms with Gasteiger partial charge in [0.2, 0.25) is 5.82 Å². The number of nitrogens with one attached hydrogen (secondary N) is 1. The maximum Gasteiger partial charge on any atom is 0.270 e. The van der Waals surface area contributed by atoms with Crippen LogP contribution < -0.4 is 5.32 Å². The highest BCUT2D eigenvalue weighted by Crippen LogP contribution is 2.30. The zero-order valence-corrected chi connectivity index (χ0v) is 19.3. The molecule has 0 aliphatic heterocycles. The number of hydrogen-bond acceptors (Lipinski definition) is 7. The van der Waals surface area contributed by atoms with Gasteiger partial charge in [0.15, 0.2) is 10.9 Å². The summed E-state index contributed by atoms with van der Waals surface area (Å²) in [6.45, 7) is 4.87. The summed E-state index contributed by atoms with van der Waals surface area (Å²) in [6.07, 6.45) is 2.49. The molecule has 10 heteroatoms. The zero-order chi connectivity index (χ0) is 22.5. The topological polar surface area (TPSA) is 85.8 Å². The van der Waals surface area contributed by atoms with Gasteiger partial charge in [0.1, 0.15) is 16.5 Å². The maximum absolute atomic E-state index is 13.5. The molecule has 3 aromatic heterocycles. The number of thioether (sulfide) groups is 1. The number of amides is 1. The Bertz CT molecular complexity index is 1170. The molecule has 0 fully saturated rings. The Morgan fingerprint density at radius 3 is 2.78 bits per heavy atom. The molecule has 0 radical (unpaired) electrons. The van der Waals surface area contributed by atoms with Crippen LogP contribution in [0.3, 0.4) is 0 Å². The second kappa shape index (κ2) is 10.1. The van der Waals surface area contributed by atoms with Crippen LogP contribution in [0.2, 0.25) is 0 Å². The van der Waals surface area contributed by atoms with E-state index < -0.39 is 0 Å². The highest BCUT2D eigenvalue weighted by Gasteiger charge is 2.19. The minimum Gasteiger partial charge on any atom is -0.461 e. The standard InChI is InChI=1S/C22H22FN5O2S2/c1-14(2)9-10-24-21(29)17-12-31-19(25-17)13-32-22-27-26-20(18-4-3-11-30-18)28(22)16-7-5-15(23)6-8-16/h3-8,11-12,14H,9-10,13H2,1-2H3,(H,24,29). The first-order chi connectivity index (χ1) is 15.5. The Labute approximate surface area is 193 Å². The van der Waals surface area contributed by atoms with Crippen molar-refractivity contribution in [2.75, 3.05) is 6.54 Å². The summed E-state index contributed by atoms with van der Waals surface area (Å²) < 4.78 is 20.8. The Kier molecular flexibility index (Phi) is 7.01. The fourth-order valence-corrected chi connectivity index (χ4v) is 4.67. The fourth-order valence-electron chi connectivity index (χ4n) is 2.92. The molecular formula is C22H22FN5O2S2. The van der Waals surface area contributed by atoms with Crippen molar-refractivity contribution < 1.29 is 13.6 Å². The van der Waals surface area contributed by atoms with Crippen LogP contribution in [-0.4, -0.2) is 32.2 Å². The monoisotopic (exact) mass is 471 g/mol. The lowest BCUT2D eigenvalue weighted by molar-refractivity contribution is 0.0947. The highest BCUT2D eigenvalue weighted by atomic mass is 32.2. The highest BCUT2D eigenvalue weighted by molar-refractivity contribution is 7.98. The van der Waals surface area contributed by atoms with Crippen LogP contribution in [0.4, 0.5) is 4.39 Å². The van der Waals surface area contributed by atoms with E-state index >= 15 is 0 Å². The number of thiazole rings is 1. The van der Waals surface area contributed by atoms with E-state index in [1.807, 2.05) is 4.57 Å². The molecular weight excluding hydrogens is 449 g/mol. The molecule has 4 rings (SSSR count). The number of furan rings is 1. The second-order valence-electron chi connectivity index (χ2n) is 7.45. The van der Waals surface area contributed by atoms with E-state index in [9.17, 15) is 9.18 Å². The van der Waals surface area contributed by atoms with Crippen molar-refractivity contribution in [3.8, 4) is 17.3 Å². The van der Waals surface area contributed by atoms with E-state index in [0.29, 0.717) is 40.7 Å². The first-order valence-corrected chi connectivity index (χ1v) is 12.0. The van der Waals surface area contributed by atoms with Crippen LogP contribution >= 0.6 is 23.1 Å². The summed E-state index contributed by atoms with van der Waals surface area (Å²) >= 11 is 2.86. The molecule has 3 heterocycles. The average Bonchev–Trinajstić information content (AvgIpc) is 3.52. The van der Waals surface area contributed by atoms with E-state index in [1.165, 1.54) is 35.2 Å². The summed E-state index contributed by atoms with van der Waals surface area (Å²) in [6, 6.07) is 9.68. The summed E-state index contributed by atoms with van der Waals surface area (Å²) in [4.78, 5) is 16.7. The van der Waals surface area contributed by atoms with Crippen LogP contribution in [0, 0.1) is 11.7 Å². The molecule has 0 unspecified atom stereocenters. The second-order valence-corrected chi connectivity index (χ2v) is 9.33. The van der Waals surface area contributed by atoms with Crippen LogP contribution in [0.25, 0.3) is 17.3 Å². The maximum atomic E-state index is 13.5. The molecule has 0 aliphatic carbocycles. The Morgan fingerprint density at radius 2 is 2.06 bits per heavy atom. The third-order valence-electron chi connectivity index (χ3n) is 4.58. The predicted octanol–water partition coefficient (Wildman–Crippen LogP) is 5.19. The Hall–Kier alpha value is -2.98. The minimum absolute atomic E-state index is 0.160. The lowest BCUT2D eigenvalue weighted by atomic mass is 10.1. The van der Waals surface area contributed by atoms with Crippen molar-refractivity contribution >= 4 is 29.0 Å². The van der Waals surface area contributed by atoms with Gasteiger partial charge in [0, 0.05) is 11.9 Å². The van der Waals surface area contributed by atoms with Gasteiger partial charge in [-0.3, -0.25) is 9.36 Å². The van der Waals surface area contributed by atoms with Gasteiger partial charge in [-0.05, 0) is 48.7 Å². The van der Waals surface area contributed by atoms with Crippen molar-refractivity contribution in [2.24, 2.45) is 5.92 Å². The lowest BCUT2D eigenvalue weighted by Gasteiger charge is -2.08. The SMILES string of the molecule is CC(C)CCNC(=O)c1csc(CSc2nnc(-c3ccco3)n2-c2ccc(F)cc2)n1. The molecule has 1 N–H and O–H groups in total. The van der Waals surface area contributed by atoms with E-state index in [2.05, 4.69) is 34.3 Å². The number of hydrogen-bond donors (Lipinski definition) is 1. The quantitative estimate of drug-likeness (QED) is 0.338. The van der Waals surface area contributed by atoms with Gasteiger partial charge in [-0.2, -0.15) is 0 Å². The largest absolute Gasteiger partial charge is 0.461 e. The zero-order valence-electron chi connectivity index (χ0n) is 17.6. The van der Waals surface area contributed by atoms with Gasteiger partial charge < -0.3 is 9.73 Å². The molecule has 32 heavy (non-hydrogen) atoms. The summed E-state index contributed by atoms with van der Waals surface area (Å²) in [5.74, 6) is 1.64. The van der Waals surface area contributed by atoms with Gasteiger partial charge in [-0.1, -0.05) is 25.6 Å². The Balaban J connectivity index is 1.50. The van der Waals surface area contributed by atoms with E-state index in [4.69, 9.17) is 4.42 Å². The van der Waals surface area contributed by atoms with Crippen molar-refractivity contribution in [3.05, 3.63) is 64.6 Å². The molecule has 7 nitrogen and oxygen atoms in total. The molecule has 0 bridgehead atoms.